The van der Waals surface area contributed by atoms with Crippen molar-refractivity contribution in [3.63, 3.8) is 0 Å². The van der Waals surface area contributed by atoms with Crippen LogP contribution in [-0.4, -0.2) is 14.9 Å². The number of nitrogen functional groups attached to an aromatic ring is 1. The molecule has 0 bridgehead atoms. The summed E-state index contributed by atoms with van der Waals surface area (Å²) in [6, 6.07) is 2.18. The van der Waals surface area contributed by atoms with Gasteiger partial charge in [-0.2, -0.15) is 9.49 Å². The first-order valence-corrected chi connectivity index (χ1v) is 4.47. The van der Waals surface area contributed by atoms with Crippen LogP contribution in [0.1, 0.15) is 0 Å². The monoisotopic (exact) mass is 225 g/mol. The molecular formula is C10H9F2N3O. The van der Waals surface area contributed by atoms with E-state index in [1.54, 1.807) is 7.05 Å². The van der Waals surface area contributed by atoms with Gasteiger partial charge < -0.3 is 10.8 Å². The van der Waals surface area contributed by atoms with Gasteiger partial charge in [0.2, 0.25) is 5.82 Å². The Balaban J connectivity index is 2.66. The summed E-state index contributed by atoms with van der Waals surface area (Å²) < 4.78 is 27.3. The molecule has 0 aliphatic rings. The third kappa shape index (κ3) is 1.39. The summed E-state index contributed by atoms with van der Waals surface area (Å²) in [7, 11) is 1.61. The van der Waals surface area contributed by atoms with Crippen LogP contribution in [0.3, 0.4) is 0 Å². The lowest BCUT2D eigenvalue weighted by Crippen LogP contribution is -1.98. The van der Waals surface area contributed by atoms with Crippen molar-refractivity contribution in [2.24, 2.45) is 7.05 Å². The van der Waals surface area contributed by atoms with E-state index in [1.165, 1.54) is 16.9 Å². The van der Waals surface area contributed by atoms with Gasteiger partial charge in [0, 0.05) is 18.2 Å². The molecule has 2 aromatic rings. The molecule has 3 N–H and O–H groups in total. The Morgan fingerprint density at radius 2 is 2.00 bits per heavy atom. The summed E-state index contributed by atoms with van der Waals surface area (Å²) >= 11 is 0. The smallest absolute Gasteiger partial charge is 0.200 e. The van der Waals surface area contributed by atoms with Gasteiger partial charge in [0.25, 0.3) is 0 Å². The summed E-state index contributed by atoms with van der Waals surface area (Å²) in [5.41, 5.74) is 6.14. The highest BCUT2D eigenvalue weighted by Crippen LogP contribution is 2.35. The quantitative estimate of drug-likeness (QED) is 0.775. The van der Waals surface area contributed by atoms with Crippen LogP contribution in [0.15, 0.2) is 18.3 Å². The van der Waals surface area contributed by atoms with Crippen LogP contribution in [0.4, 0.5) is 14.6 Å². The van der Waals surface area contributed by atoms with Crippen molar-refractivity contribution < 1.29 is 13.9 Å². The van der Waals surface area contributed by atoms with E-state index in [1.807, 2.05) is 0 Å². The second kappa shape index (κ2) is 3.48. The Labute approximate surface area is 89.9 Å². The SMILES string of the molecule is Cn1ncc(-c2ccc(F)c(F)c2O)c1N. The van der Waals surface area contributed by atoms with E-state index < -0.39 is 17.4 Å². The molecule has 1 aromatic heterocycles. The highest BCUT2D eigenvalue weighted by atomic mass is 19.2. The lowest BCUT2D eigenvalue weighted by Gasteiger charge is -2.05. The van der Waals surface area contributed by atoms with Crippen LogP contribution < -0.4 is 5.73 Å². The van der Waals surface area contributed by atoms with Gasteiger partial charge in [-0.15, -0.1) is 0 Å². The van der Waals surface area contributed by atoms with Gasteiger partial charge in [0.05, 0.1) is 6.20 Å². The molecule has 4 nitrogen and oxygen atoms in total. The van der Waals surface area contributed by atoms with Crippen LogP contribution in [0.25, 0.3) is 11.1 Å². The first kappa shape index (κ1) is 10.4. The van der Waals surface area contributed by atoms with E-state index in [2.05, 4.69) is 5.10 Å². The van der Waals surface area contributed by atoms with Crippen molar-refractivity contribution in [2.45, 2.75) is 0 Å². The zero-order valence-electron chi connectivity index (χ0n) is 8.41. The number of benzene rings is 1. The minimum absolute atomic E-state index is 0.115. The number of nitrogens with zero attached hydrogens (tertiary/aromatic N) is 2. The number of hydrogen-bond acceptors (Lipinski definition) is 3. The van der Waals surface area contributed by atoms with Crippen molar-refractivity contribution in [1.82, 2.24) is 9.78 Å². The van der Waals surface area contributed by atoms with Crippen molar-refractivity contribution in [3.05, 3.63) is 30.0 Å². The lowest BCUT2D eigenvalue weighted by atomic mass is 10.1. The van der Waals surface area contributed by atoms with Gasteiger partial charge >= 0.3 is 0 Å². The fourth-order valence-electron chi connectivity index (χ4n) is 1.41. The highest BCUT2D eigenvalue weighted by molar-refractivity contribution is 5.78. The van der Waals surface area contributed by atoms with Gasteiger partial charge in [-0.1, -0.05) is 0 Å². The van der Waals surface area contributed by atoms with Crippen LogP contribution in [-0.2, 0) is 7.05 Å². The highest BCUT2D eigenvalue weighted by Gasteiger charge is 2.17. The molecule has 0 aliphatic carbocycles. The third-order valence-corrected chi connectivity index (χ3v) is 2.34. The second-order valence-electron chi connectivity index (χ2n) is 3.32. The molecule has 84 valence electrons. The zero-order valence-corrected chi connectivity index (χ0v) is 8.41. The molecule has 0 spiro atoms. The maximum absolute atomic E-state index is 13.1. The van der Waals surface area contributed by atoms with Crippen molar-refractivity contribution in [2.75, 3.05) is 5.73 Å². The first-order chi connectivity index (χ1) is 7.52. The molecule has 2 rings (SSSR count). The average molecular weight is 225 g/mol. The predicted octanol–water partition coefficient (Wildman–Crippen LogP) is 1.65. The van der Waals surface area contributed by atoms with Gasteiger partial charge in [-0.3, -0.25) is 4.68 Å². The fourth-order valence-corrected chi connectivity index (χ4v) is 1.41. The number of phenolic OH excluding ortho intramolecular Hbond substituents is 1. The lowest BCUT2D eigenvalue weighted by molar-refractivity contribution is 0.409. The van der Waals surface area contributed by atoms with E-state index >= 15 is 0 Å². The number of anilines is 1. The average Bonchev–Trinajstić information content (AvgIpc) is 2.58. The van der Waals surface area contributed by atoms with Crippen LogP contribution in [0.5, 0.6) is 5.75 Å². The van der Waals surface area contributed by atoms with E-state index in [0.717, 1.165) is 6.07 Å². The number of rotatable bonds is 1. The number of aromatic hydroxyl groups is 1. The summed E-state index contributed by atoms with van der Waals surface area (Å²) in [4.78, 5) is 0. The predicted molar refractivity (Wildman–Crippen MR) is 54.6 cm³/mol. The van der Waals surface area contributed by atoms with Crippen LogP contribution >= 0.6 is 0 Å². The number of halogens is 2. The van der Waals surface area contributed by atoms with Crippen molar-refractivity contribution in [1.29, 1.82) is 0 Å². The number of hydrogen-bond donors (Lipinski definition) is 2. The molecule has 1 heterocycles. The maximum Gasteiger partial charge on any atom is 0.200 e. The second-order valence-corrected chi connectivity index (χ2v) is 3.32. The number of phenols is 1. The molecule has 6 heteroatoms. The maximum atomic E-state index is 13.1. The van der Waals surface area contributed by atoms with Gasteiger partial charge in [0.15, 0.2) is 11.6 Å². The van der Waals surface area contributed by atoms with E-state index in [9.17, 15) is 13.9 Å². The summed E-state index contributed by atoms with van der Waals surface area (Å²) in [5, 5.41) is 13.3. The van der Waals surface area contributed by atoms with Crippen molar-refractivity contribution in [3.8, 4) is 16.9 Å². The standard InChI is InChI=1S/C10H9F2N3O/c1-15-10(13)6(4-14-15)5-2-3-7(11)8(12)9(5)16/h2-4,16H,13H2,1H3. The number of aryl methyl sites for hydroxylation is 1. The number of nitrogens with two attached hydrogens (primary N) is 1. The van der Waals surface area contributed by atoms with Crippen LogP contribution in [0.2, 0.25) is 0 Å². The topological polar surface area (TPSA) is 64.1 Å². The molecule has 0 radical (unpaired) electrons. The molecule has 0 amide bonds. The van der Waals surface area contributed by atoms with Crippen molar-refractivity contribution >= 4 is 5.82 Å². The Bertz CT molecular complexity index is 551. The van der Waals surface area contributed by atoms with Gasteiger partial charge in [-0.25, -0.2) is 4.39 Å². The molecular weight excluding hydrogens is 216 g/mol. The molecule has 0 saturated carbocycles. The minimum Gasteiger partial charge on any atom is -0.504 e. The van der Waals surface area contributed by atoms with E-state index in [4.69, 9.17) is 5.73 Å². The summed E-state index contributed by atoms with van der Waals surface area (Å²) in [6.45, 7) is 0. The molecule has 0 aliphatic heterocycles. The first-order valence-electron chi connectivity index (χ1n) is 4.47. The largest absolute Gasteiger partial charge is 0.504 e. The molecule has 0 unspecified atom stereocenters. The Morgan fingerprint density at radius 3 is 2.56 bits per heavy atom. The fraction of sp³-hybridized carbons (Fsp3) is 0.100. The number of aromatic nitrogens is 2. The minimum atomic E-state index is -1.29. The van der Waals surface area contributed by atoms with E-state index in [-0.39, 0.29) is 11.4 Å². The Morgan fingerprint density at radius 1 is 1.31 bits per heavy atom. The van der Waals surface area contributed by atoms with E-state index in [0.29, 0.717) is 5.56 Å². The summed E-state index contributed by atoms with van der Waals surface area (Å²) in [6.07, 6.45) is 1.38. The Hall–Kier alpha value is -2.11. The molecule has 0 atom stereocenters. The van der Waals surface area contributed by atoms with Crippen LogP contribution in [0, 0.1) is 11.6 Å². The van der Waals surface area contributed by atoms with Gasteiger partial charge in [0.1, 0.15) is 5.82 Å². The molecule has 0 fully saturated rings. The molecule has 0 saturated heterocycles. The Kier molecular flexibility index (Phi) is 2.26. The molecule has 1 aromatic carbocycles. The normalized spacial score (nSPS) is 10.7. The third-order valence-electron chi connectivity index (χ3n) is 2.34. The zero-order chi connectivity index (χ0) is 11.9. The summed E-state index contributed by atoms with van der Waals surface area (Å²) in [5.74, 6) is -2.90. The van der Waals surface area contributed by atoms with Gasteiger partial charge in [-0.05, 0) is 12.1 Å². The molecule has 16 heavy (non-hydrogen) atoms.